The molecule has 2 aromatic heterocycles. The second-order valence-electron chi connectivity index (χ2n) is 3.31. The highest BCUT2D eigenvalue weighted by molar-refractivity contribution is 6.31. The van der Waals surface area contributed by atoms with Gasteiger partial charge in [-0.2, -0.15) is 0 Å². The maximum Gasteiger partial charge on any atom is 0.371 e. The minimum atomic E-state index is -1.19. The summed E-state index contributed by atoms with van der Waals surface area (Å²) in [5.74, 6) is -1.30. The third kappa shape index (κ3) is 2.30. The second-order valence-corrected chi connectivity index (χ2v) is 3.71. The predicted octanol–water partition coefficient (Wildman–Crippen LogP) is 2.11. The van der Waals surface area contributed by atoms with Gasteiger partial charge in [0, 0.05) is 18.0 Å². The van der Waals surface area contributed by atoms with Crippen LogP contribution in [0, 0.1) is 0 Å². The first-order valence-electron chi connectivity index (χ1n) is 4.70. The van der Waals surface area contributed by atoms with E-state index in [0.717, 1.165) is 0 Å². The van der Waals surface area contributed by atoms with E-state index < -0.39 is 12.1 Å². The molecular formula is C11H8ClNO4. The van der Waals surface area contributed by atoms with E-state index in [-0.39, 0.29) is 16.5 Å². The number of nitrogens with zero attached hydrogens (tertiary/aromatic N) is 1. The zero-order valence-corrected chi connectivity index (χ0v) is 9.26. The van der Waals surface area contributed by atoms with Gasteiger partial charge in [-0.3, -0.25) is 4.98 Å². The van der Waals surface area contributed by atoms with Gasteiger partial charge in [0.2, 0.25) is 5.76 Å². The molecule has 2 rings (SSSR count). The number of furan rings is 1. The standard InChI is InChI=1S/C11H8ClNO4/c12-7-5-13-4-3-6(7)10(14)8-1-2-9(17-8)11(15)16/h1-5,10,14H,(H,15,16). The summed E-state index contributed by atoms with van der Waals surface area (Å²) in [6.45, 7) is 0. The van der Waals surface area contributed by atoms with Crippen LogP contribution in [0.4, 0.5) is 0 Å². The molecule has 6 heteroatoms. The van der Waals surface area contributed by atoms with Crippen molar-refractivity contribution in [3.63, 3.8) is 0 Å². The number of aromatic nitrogens is 1. The Kier molecular flexibility index (Phi) is 3.12. The molecular weight excluding hydrogens is 246 g/mol. The van der Waals surface area contributed by atoms with E-state index in [1.807, 2.05) is 0 Å². The zero-order chi connectivity index (χ0) is 12.4. The number of halogens is 1. The molecule has 2 heterocycles. The fourth-order valence-electron chi connectivity index (χ4n) is 1.38. The Hall–Kier alpha value is -1.85. The van der Waals surface area contributed by atoms with Gasteiger partial charge in [0.15, 0.2) is 0 Å². The lowest BCUT2D eigenvalue weighted by molar-refractivity contribution is 0.0655. The van der Waals surface area contributed by atoms with Gasteiger partial charge in [0.05, 0.1) is 5.02 Å². The van der Waals surface area contributed by atoms with Crippen molar-refractivity contribution in [2.24, 2.45) is 0 Å². The molecule has 0 aliphatic carbocycles. The Morgan fingerprint density at radius 1 is 1.41 bits per heavy atom. The van der Waals surface area contributed by atoms with Crippen molar-refractivity contribution in [3.05, 3.63) is 52.7 Å². The number of hydrogen-bond acceptors (Lipinski definition) is 4. The third-order valence-electron chi connectivity index (χ3n) is 2.21. The van der Waals surface area contributed by atoms with Crippen molar-refractivity contribution in [1.29, 1.82) is 0 Å². The van der Waals surface area contributed by atoms with Gasteiger partial charge in [0.25, 0.3) is 0 Å². The van der Waals surface area contributed by atoms with Crippen LogP contribution in [-0.4, -0.2) is 21.2 Å². The molecule has 5 nitrogen and oxygen atoms in total. The molecule has 1 atom stereocenters. The lowest BCUT2D eigenvalue weighted by atomic mass is 10.1. The smallest absolute Gasteiger partial charge is 0.371 e. The molecule has 0 aromatic carbocycles. The summed E-state index contributed by atoms with van der Waals surface area (Å²) < 4.78 is 4.99. The number of rotatable bonds is 3. The van der Waals surface area contributed by atoms with Crippen LogP contribution in [0.25, 0.3) is 0 Å². The number of aromatic carboxylic acids is 1. The van der Waals surface area contributed by atoms with Crippen molar-refractivity contribution < 1.29 is 19.4 Å². The van der Waals surface area contributed by atoms with Crippen LogP contribution in [-0.2, 0) is 0 Å². The Balaban J connectivity index is 2.34. The maximum absolute atomic E-state index is 10.6. The molecule has 88 valence electrons. The van der Waals surface area contributed by atoms with Crippen LogP contribution in [0.2, 0.25) is 5.02 Å². The number of carbonyl (C=O) groups is 1. The molecule has 0 saturated carbocycles. The molecule has 17 heavy (non-hydrogen) atoms. The number of carboxylic acid groups (broad SMARTS) is 1. The lowest BCUT2D eigenvalue weighted by Crippen LogP contribution is -1.99. The van der Waals surface area contributed by atoms with Crippen molar-refractivity contribution in [2.45, 2.75) is 6.10 Å². The van der Waals surface area contributed by atoms with Gasteiger partial charge in [-0.25, -0.2) is 4.79 Å². The quantitative estimate of drug-likeness (QED) is 0.875. The second kappa shape index (κ2) is 4.57. The molecule has 2 aromatic rings. The molecule has 0 saturated heterocycles. The molecule has 0 spiro atoms. The Bertz CT molecular complexity index is 552. The molecule has 0 aliphatic heterocycles. The van der Waals surface area contributed by atoms with Crippen LogP contribution < -0.4 is 0 Å². The Labute approximate surface area is 101 Å². The van der Waals surface area contributed by atoms with E-state index in [2.05, 4.69) is 4.98 Å². The van der Waals surface area contributed by atoms with Gasteiger partial charge in [-0.1, -0.05) is 11.6 Å². The van der Waals surface area contributed by atoms with Gasteiger partial charge in [-0.15, -0.1) is 0 Å². The van der Waals surface area contributed by atoms with E-state index >= 15 is 0 Å². The fraction of sp³-hybridized carbons (Fsp3) is 0.0909. The van der Waals surface area contributed by atoms with Crippen molar-refractivity contribution in [1.82, 2.24) is 4.98 Å². The molecule has 0 radical (unpaired) electrons. The van der Waals surface area contributed by atoms with Gasteiger partial charge >= 0.3 is 5.97 Å². The number of aliphatic hydroxyl groups excluding tert-OH is 1. The van der Waals surface area contributed by atoms with Gasteiger partial charge in [0.1, 0.15) is 11.9 Å². The summed E-state index contributed by atoms with van der Waals surface area (Å²) in [6.07, 6.45) is 1.76. The van der Waals surface area contributed by atoms with E-state index in [4.69, 9.17) is 21.1 Å². The lowest BCUT2D eigenvalue weighted by Gasteiger charge is -2.09. The SMILES string of the molecule is O=C(O)c1ccc(C(O)c2ccncc2Cl)o1. The van der Waals surface area contributed by atoms with Crippen LogP contribution in [0.1, 0.15) is 28.0 Å². The summed E-state index contributed by atoms with van der Waals surface area (Å²) in [5.41, 5.74) is 0.410. The average Bonchev–Trinajstić information content (AvgIpc) is 2.78. The summed E-state index contributed by atoms with van der Waals surface area (Å²) in [6, 6.07) is 4.21. The summed E-state index contributed by atoms with van der Waals surface area (Å²) in [5, 5.41) is 18.9. The van der Waals surface area contributed by atoms with E-state index in [0.29, 0.717) is 5.56 Å². The first-order chi connectivity index (χ1) is 8.09. The average molecular weight is 254 g/mol. The molecule has 2 N–H and O–H groups in total. The highest BCUT2D eigenvalue weighted by Gasteiger charge is 2.19. The largest absolute Gasteiger partial charge is 0.475 e. The van der Waals surface area contributed by atoms with Gasteiger partial charge < -0.3 is 14.6 Å². The first-order valence-corrected chi connectivity index (χ1v) is 5.08. The van der Waals surface area contributed by atoms with Crippen LogP contribution >= 0.6 is 11.6 Å². The van der Waals surface area contributed by atoms with Crippen LogP contribution in [0.15, 0.2) is 35.0 Å². The van der Waals surface area contributed by atoms with Gasteiger partial charge in [-0.05, 0) is 18.2 Å². The minimum absolute atomic E-state index is 0.121. The van der Waals surface area contributed by atoms with Crippen LogP contribution in [0.5, 0.6) is 0 Å². The first kappa shape index (κ1) is 11.6. The number of carboxylic acids is 1. The topological polar surface area (TPSA) is 83.6 Å². The highest BCUT2D eigenvalue weighted by atomic mass is 35.5. The molecule has 0 fully saturated rings. The zero-order valence-electron chi connectivity index (χ0n) is 8.50. The summed E-state index contributed by atoms with van der Waals surface area (Å²) >= 11 is 5.86. The predicted molar refractivity (Wildman–Crippen MR) is 59.0 cm³/mol. The van der Waals surface area contributed by atoms with E-state index in [1.54, 1.807) is 0 Å². The van der Waals surface area contributed by atoms with Crippen molar-refractivity contribution >= 4 is 17.6 Å². The molecule has 1 unspecified atom stereocenters. The molecule has 0 aliphatic rings. The van der Waals surface area contributed by atoms with Crippen molar-refractivity contribution in [3.8, 4) is 0 Å². The third-order valence-corrected chi connectivity index (χ3v) is 2.52. The van der Waals surface area contributed by atoms with Crippen molar-refractivity contribution in [2.75, 3.05) is 0 Å². The molecule has 0 amide bonds. The van der Waals surface area contributed by atoms with E-state index in [1.165, 1.54) is 30.6 Å². The Morgan fingerprint density at radius 3 is 2.76 bits per heavy atom. The minimum Gasteiger partial charge on any atom is -0.475 e. The summed E-state index contributed by atoms with van der Waals surface area (Å²) in [4.78, 5) is 14.4. The monoisotopic (exact) mass is 253 g/mol. The Morgan fingerprint density at radius 2 is 2.18 bits per heavy atom. The number of hydrogen-bond donors (Lipinski definition) is 2. The fourth-order valence-corrected chi connectivity index (χ4v) is 1.60. The molecule has 0 bridgehead atoms. The maximum atomic E-state index is 10.6. The normalized spacial score (nSPS) is 12.4. The number of aliphatic hydroxyl groups is 1. The van der Waals surface area contributed by atoms with E-state index in [9.17, 15) is 9.90 Å². The van der Waals surface area contributed by atoms with Crippen LogP contribution in [0.3, 0.4) is 0 Å². The highest BCUT2D eigenvalue weighted by Crippen LogP contribution is 2.28. The number of pyridine rings is 1. The summed E-state index contributed by atoms with van der Waals surface area (Å²) in [7, 11) is 0.